The molecule has 2 aromatic rings. The largest absolute Gasteiger partial charge is 0.508 e. The summed E-state index contributed by atoms with van der Waals surface area (Å²) in [6.07, 6.45) is 12.4. The number of fused-ring (bicyclic) bond motifs is 2. The second-order valence-corrected chi connectivity index (χ2v) is 11.4. The summed E-state index contributed by atoms with van der Waals surface area (Å²) < 4.78 is 0. The van der Waals surface area contributed by atoms with Crippen LogP contribution in [-0.2, 0) is 20.8 Å². The average molecular weight is 564 g/mol. The number of phenolic OH excluding ortho intramolecular Hbond substituents is 1. The van der Waals surface area contributed by atoms with E-state index in [2.05, 4.69) is 18.3 Å². The first-order chi connectivity index (χ1) is 20.3. The minimum Gasteiger partial charge on any atom is -0.508 e. The van der Waals surface area contributed by atoms with Crippen LogP contribution < -0.4 is 5.32 Å². The zero-order chi connectivity index (χ0) is 29.4. The van der Waals surface area contributed by atoms with E-state index in [9.17, 15) is 24.3 Å². The highest BCUT2D eigenvalue weighted by Gasteiger charge is 2.52. The summed E-state index contributed by atoms with van der Waals surface area (Å²) in [7, 11) is 0. The summed E-state index contributed by atoms with van der Waals surface area (Å²) in [5.41, 5.74) is 2.67. The number of hydrogen-bond acceptors (Lipinski definition) is 5. The molecule has 0 radical (unpaired) electrons. The van der Waals surface area contributed by atoms with Crippen molar-refractivity contribution in [2.45, 2.75) is 37.9 Å². The van der Waals surface area contributed by atoms with E-state index in [0.717, 1.165) is 11.1 Å². The summed E-state index contributed by atoms with van der Waals surface area (Å²) in [6.45, 7) is 2.36. The molecule has 2 heterocycles. The Morgan fingerprint density at radius 2 is 1.74 bits per heavy atom. The van der Waals surface area contributed by atoms with Gasteiger partial charge in [-0.1, -0.05) is 73.7 Å². The van der Waals surface area contributed by atoms with Crippen LogP contribution in [0.1, 0.15) is 29.3 Å². The Hall–Kier alpha value is -4.72. The lowest BCUT2D eigenvalue weighted by molar-refractivity contribution is -0.139. The smallest absolute Gasteiger partial charge is 0.254 e. The van der Waals surface area contributed by atoms with Crippen LogP contribution in [0.2, 0.25) is 0 Å². The van der Waals surface area contributed by atoms with Crippen molar-refractivity contribution in [3.8, 4) is 5.75 Å². The SMILES string of the molecule is CC1C=CC(C(=O)N[C@@H](Cc2ccc(O)cc2)C(=O)N2CC[C@@H]3[C@H]2C(=O)CN3C(=O)c2ccccc2)=C2C=CC=CC21. The maximum absolute atomic E-state index is 14.2. The lowest BCUT2D eigenvalue weighted by Gasteiger charge is -2.30. The van der Waals surface area contributed by atoms with Gasteiger partial charge < -0.3 is 20.2 Å². The second kappa shape index (κ2) is 11.3. The number of hydrogen-bond donors (Lipinski definition) is 2. The number of aromatic hydroxyl groups is 1. The Bertz CT molecular complexity index is 1540. The average Bonchev–Trinajstić information content (AvgIpc) is 3.59. The van der Waals surface area contributed by atoms with Crippen molar-refractivity contribution in [3.63, 3.8) is 0 Å². The molecule has 0 saturated carbocycles. The van der Waals surface area contributed by atoms with Crippen molar-refractivity contribution in [2.75, 3.05) is 13.1 Å². The molecular weight excluding hydrogens is 530 g/mol. The number of likely N-dealkylation sites (tertiary alicyclic amines) is 2. The maximum atomic E-state index is 14.2. The van der Waals surface area contributed by atoms with Crippen LogP contribution in [0, 0.1) is 11.8 Å². The summed E-state index contributed by atoms with van der Waals surface area (Å²) in [5, 5.41) is 12.7. The number of Topliss-reactive ketones (excluding diaryl/α,β-unsaturated/α-hetero) is 1. The molecule has 2 unspecified atom stereocenters. The summed E-state index contributed by atoms with van der Waals surface area (Å²) in [4.78, 5) is 57.5. The molecule has 2 aliphatic carbocycles. The molecule has 0 spiro atoms. The van der Waals surface area contributed by atoms with Crippen LogP contribution in [0.5, 0.6) is 5.75 Å². The number of allylic oxidation sites excluding steroid dienone is 6. The van der Waals surface area contributed by atoms with E-state index < -0.39 is 18.1 Å². The van der Waals surface area contributed by atoms with E-state index in [1.165, 1.54) is 12.1 Å². The number of ketones is 1. The number of phenols is 1. The van der Waals surface area contributed by atoms with Crippen molar-refractivity contribution in [1.82, 2.24) is 15.1 Å². The molecule has 4 aliphatic rings. The van der Waals surface area contributed by atoms with Crippen molar-refractivity contribution >= 4 is 23.5 Å². The van der Waals surface area contributed by atoms with Crippen molar-refractivity contribution in [2.24, 2.45) is 11.8 Å². The van der Waals surface area contributed by atoms with Crippen LogP contribution >= 0.6 is 0 Å². The molecule has 42 heavy (non-hydrogen) atoms. The van der Waals surface area contributed by atoms with Crippen LogP contribution in [-0.4, -0.2) is 69.6 Å². The topological polar surface area (TPSA) is 107 Å². The number of amides is 3. The fourth-order valence-corrected chi connectivity index (χ4v) is 6.55. The van der Waals surface area contributed by atoms with E-state index >= 15 is 0 Å². The maximum Gasteiger partial charge on any atom is 0.254 e. The summed E-state index contributed by atoms with van der Waals surface area (Å²) in [5.74, 6) is -0.703. The standard InChI is InChI=1S/C34H33N3O5/c1-21-11-16-27(26-10-6-5-9-25(21)26)32(40)35-28(19-22-12-14-24(38)15-13-22)34(42)36-18-17-29-31(36)30(39)20-37(29)33(41)23-7-3-2-4-8-23/h2-16,21,25,28-29,31,38H,17-20H2,1H3,(H,35,40)/t21?,25?,28-,29+,31-/m0/s1. The molecule has 2 aromatic carbocycles. The molecule has 5 atom stereocenters. The van der Waals surface area contributed by atoms with E-state index in [4.69, 9.17) is 0 Å². The molecule has 214 valence electrons. The minimum atomic E-state index is -0.949. The summed E-state index contributed by atoms with van der Waals surface area (Å²) >= 11 is 0. The predicted molar refractivity (Wildman–Crippen MR) is 157 cm³/mol. The van der Waals surface area contributed by atoms with Gasteiger partial charge >= 0.3 is 0 Å². The van der Waals surface area contributed by atoms with Gasteiger partial charge in [0, 0.05) is 30.0 Å². The molecular formula is C34H33N3O5. The van der Waals surface area contributed by atoms with E-state index in [1.54, 1.807) is 46.2 Å². The fraction of sp³-hybridized carbons (Fsp3) is 0.294. The molecule has 3 amide bonds. The number of benzene rings is 2. The first kappa shape index (κ1) is 27.4. The van der Waals surface area contributed by atoms with Crippen LogP contribution in [0.4, 0.5) is 0 Å². The minimum absolute atomic E-state index is 0.0533. The number of carbonyl (C=O) groups excluding carboxylic acids is 4. The van der Waals surface area contributed by atoms with Crippen molar-refractivity contribution in [1.29, 1.82) is 0 Å². The molecule has 8 nitrogen and oxygen atoms in total. The van der Waals surface area contributed by atoms with Gasteiger partial charge in [-0.3, -0.25) is 19.2 Å². The van der Waals surface area contributed by atoms with Gasteiger partial charge in [0.2, 0.25) is 5.91 Å². The van der Waals surface area contributed by atoms with Crippen molar-refractivity contribution < 1.29 is 24.3 Å². The molecule has 2 N–H and O–H groups in total. The number of carbonyl (C=O) groups is 4. The molecule has 2 fully saturated rings. The van der Waals surface area contributed by atoms with Crippen LogP contribution in [0.3, 0.4) is 0 Å². The quantitative estimate of drug-likeness (QED) is 0.561. The molecule has 6 rings (SSSR count). The highest BCUT2D eigenvalue weighted by Crippen LogP contribution is 2.35. The molecule has 0 bridgehead atoms. The van der Waals surface area contributed by atoms with Gasteiger partial charge in [0.15, 0.2) is 5.78 Å². The molecule has 2 aliphatic heterocycles. The molecule has 2 saturated heterocycles. The Morgan fingerprint density at radius 1 is 0.976 bits per heavy atom. The zero-order valence-corrected chi connectivity index (χ0v) is 23.4. The predicted octanol–water partition coefficient (Wildman–Crippen LogP) is 3.36. The van der Waals surface area contributed by atoms with Gasteiger partial charge in [-0.2, -0.15) is 0 Å². The number of rotatable bonds is 6. The number of nitrogens with one attached hydrogen (secondary N) is 1. The van der Waals surface area contributed by atoms with Gasteiger partial charge in [-0.05, 0) is 47.7 Å². The van der Waals surface area contributed by atoms with Crippen LogP contribution in [0.15, 0.2) is 102 Å². The molecule has 0 aromatic heterocycles. The normalized spacial score (nSPS) is 24.9. The monoisotopic (exact) mass is 563 g/mol. The highest BCUT2D eigenvalue weighted by atomic mass is 16.3. The third-order valence-electron chi connectivity index (χ3n) is 8.72. The summed E-state index contributed by atoms with van der Waals surface area (Å²) in [6, 6.07) is 13.2. The van der Waals surface area contributed by atoms with Gasteiger partial charge in [-0.15, -0.1) is 0 Å². The van der Waals surface area contributed by atoms with E-state index in [0.29, 0.717) is 24.1 Å². The van der Waals surface area contributed by atoms with Crippen LogP contribution in [0.25, 0.3) is 0 Å². The zero-order valence-electron chi connectivity index (χ0n) is 23.4. The molecule has 8 heteroatoms. The van der Waals surface area contributed by atoms with Crippen molar-refractivity contribution in [3.05, 3.63) is 113 Å². The Balaban J connectivity index is 1.26. The third kappa shape index (κ3) is 5.09. The highest BCUT2D eigenvalue weighted by molar-refractivity contribution is 6.04. The first-order valence-electron chi connectivity index (χ1n) is 14.4. The Labute approximate surface area is 244 Å². The van der Waals surface area contributed by atoms with E-state index in [-0.39, 0.29) is 54.1 Å². The third-order valence-corrected chi connectivity index (χ3v) is 8.72. The lowest BCUT2D eigenvalue weighted by Crippen LogP contribution is -2.53. The van der Waals surface area contributed by atoms with Gasteiger partial charge in [0.05, 0.1) is 12.6 Å². The first-order valence-corrected chi connectivity index (χ1v) is 14.4. The Kier molecular flexibility index (Phi) is 7.37. The lowest BCUT2D eigenvalue weighted by atomic mass is 9.78. The van der Waals surface area contributed by atoms with Gasteiger partial charge in [0.25, 0.3) is 11.8 Å². The second-order valence-electron chi connectivity index (χ2n) is 11.4. The van der Waals surface area contributed by atoms with E-state index in [1.807, 2.05) is 36.4 Å². The number of nitrogens with zero attached hydrogens (tertiary/aromatic N) is 2. The van der Waals surface area contributed by atoms with Gasteiger partial charge in [0.1, 0.15) is 17.8 Å². The van der Waals surface area contributed by atoms with Gasteiger partial charge in [-0.25, -0.2) is 0 Å². The fourth-order valence-electron chi connectivity index (χ4n) is 6.55. The Morgan fingerprint density at radius 3 is 2.50 bits per heavy atom.